The lowest BCUT2D eigenvalue weighted by molar-refractivity contribution is -0.131. The number of likely N-dealkylation sites (N-methyl/N-ethyl adjacent to an activating group) is 1. The van der Waals surface area contributed by atoms with Gasteiger partial charge in [0.15, 0.2) is 0 Å². The molecule has 1 aromatic heterocycles. The van der Waals surface area contributed by atoms with Gasteiger partial charge in [0.25, 0.3) is 0 Å². The normalized spacial score (nSPS) is 14.2. The van der Waals surface area contributed by atoms with E-state index in [2.05, 4.69) is 34.8 Å². The van der Waals surface area contributed by atoms with E-state index >= 15 is 0 Å². The molecule has 2 heterocycles. The Kier molecular flexibility index (Phi) is 5.38. The number of aryl methyl sites for hydroxylation is 2. The molecule has 0 bridgehead atoms. The third-order valence-corrected chi connectivity index (χ3v) is 4.53. The molecule has 1 amide bonds. The molecule has 0 saturated carbocycles. The van der Waals surface area contributed by atoms with Crippen LogP contribution in [0, 0.1) is 13.8 Å². The van der Waals surface area contributed by atoms with Gasteiger partial charge in [-0.15, -0.1) is 0 Å². The van der Waals surface area contributed by atoms with Crippen molar-refractivity contribution < 1.29 is 9.53 Å². The zero-order valence-corrected chi connectivity index (χ0v) is 15.2. The zero-order chi connectivity index (χ0) is 17.8. The van der Waals surface area contributed by atoms with Crippen LogP contribution in [0.25, 0.3) is 0 Å². The van der Waals surface area contributed by atoms with Gasteiger partial charge in [0.1, 0.15) is 12.4 Å². The number of benzene rings is 1. The molecule has 0 spiro atoms. The third-order valence-electron chi connectivity index (χ3n) is 4.53. The molecule has 0 aliphatic carbocycles. The molecule has 25 heavy (non-hydrogen) atoms. The molecule has 134 valence electrons. The van der Waals surface area contributed by atoms with Crippen LogP contribution >= 0.6 is 0 Å². The SMILES string of the molecule is Cc1cc(C)cc(OCCN(C)C(=O)CN2CCc3nc[nH]c3C2)c1. The largest absolute Gasteiger partial charge is 0.492 e. The fourth-order valence-corrected chi connectivity index (χ4v) is 3.16. The molecule has 1 aliphatic heterocycles. The van der Waals surface area contributed by atoms with E-state index in [9.17, 15) is 4.79 Å². The van der Waals surface area contributed by atoms with Gasteiger partial charge in [0.05, 0.1) is 30.8 Å². The topological polar surface area (TPSA) is 61.5 Å². The number of hydrogen-bond donors (Lipinski definition) is 1. The van der Waals surface area contributed by atoms with Crippen LogP contribution in [-0.4, -0.2) is 59.0 Å². The predicted octanol–water partition coefficient (Wildman–Crippen LogP) is 1.92. The highest BCUT2D eigenvalue weighted by Crippen LogP contribution is 2.16. The Bertz CT molecular complexity index is 721. The summed E-state index contributed by atoms with van der Waals surface area (Å²) in [4.78, 5) is 23.8. The maximum Gasteiger partial charge on any atom is 0.236 e. The van der Waals surface area contributed by atoms with Crippen LogP contribution in [-0.2, 0) is 17.8 Å². The van der Waals surface area contributed by atoms with E-state index in [1.807, 2.05) is 19.2 Å². The van der Waals surface area contributed by atoms with Crippen molar-refractivity contribution in [3.8, 4) is 5.75 Å². The quantitative estimate of drug-likeness (QED) is 0.871. The Labute approximate surface area is 148 Å². The van der Waals surface area contributed by atoms with Crippen molar-refractivity contribution in [1.29, 1.82) is 0 Å². The highest BCUT2D eigenvalue weighted by atomic mass is 16.5. The second kappa shape index (κ2) is 7.70. The second-order valence-corrected chi connectivity index (χ2v) is 6.78. The standard InChI is InChI=1S/C19H26N4O2/c1-14-8-15(2)10-16(9-14)25-7-6-22(3)19(24)12-23-5-4-17-18(11-23)21-13-20-17/h8-10,13H,4-7,11-12H2,1-3H3,(H,20,21). The maximum atomic E-state index is 12.4. The number of aromatic nitrogens is 2. The first-order valence-corrected chi connectivity index (χ1v) is 8.70. The first kappa shape index (κ1) is 17.5. The molecule has 1 N–H and O–H groups in total. The molecule has 3 rings (SSSR count). The Morgan fingerprint density at radius 3 is 2.84 bits per heavy atom. The van der Waals surface area contributed by atoms with Gasteiger partial charge in [-0.1, -0.05) is 6.07 Å². The summed E-state index contributed by atoms with van der Waals surface area (Å²) in [5.41, 5.74) is 4.61. The highest BCUT2D eigenvalue weighted by Gasteiger charge is 2.21. The number of carbonyl (C=O) groups is 1. The number of amides is 1. The molecular weight excluding hydrogens is 316 g/mol. The van der Waals surface area contributed by atoms with Gasteiger partial charge in [0.2, 0.25) is 5.91 Å². The van der Waals surface area contributed by atoms with E-state index in [0.717, 1.165) is 36.6 Å². The molecule has 0 radical (unpaired) electrons. The van der Waals surface area contributed by atoms with Crippen molar-refractivity contribution in [1.82, 2.24) is 19.8 Å². The molecule has 0 atom stereocenters. The van der Waals surface area contributed by atoms with E-state index in [1.165, 1.54) is 11.1 Å². The van der Waals surface area contributed by atoms with Crippen molar-refractivity contribution in [2.24, 2.45) is 0 Å². The monoisotopic (exact) mass is 342 g/mol. The summed E-state index contributed by atoms with van der Waals surface area (Å²) in [5, 5.41) is 0. The minimum atomic E-state index is 0.118. The Hall–Kier alpha value is -2.34. The van der Waals surface area contributed by atoms with Crippen LogP contribution in [0.4, 0.5) is 0 Å². The zero-order valence-electron chi connectivity index (χ0n) is 15.2. The van der Waals surface area contributed by atoms with Crippen molar-refractivity contribution in [3.63, 3.8) is 0 Å². The summed E-state index contributed by atoms with van der Waals surface area (Å²) < 4.78 is 5.79. The summed E-state index contributed by atoms with van der Waals surface area (Å²) in [7, 11) is 1.83. The Morgan fingerprint density at radius 1 is 1.32 bits per heavy atom. The van der Waals surface area contributed by atoms with Crippen molar-refractivity contribution in [2.75, 3.05) is 33.3 Å². The van der Waals surface area contributed by atoms with Crippen LogP contribution in [0.3, 0.4) is 0 Å². The minimum absolute atomic E-state index is 0.118. The molecule has 0 saturated heterocycles. The number of ether oxygens (including phenoxy) is 1. The number of carbonyl (C=O) groups excluding carboxylic acids is 1. The smallest absolute Gasteiger partial charge is 0.236 e. The van der Waals surface area contributed by atoms with Crippen LogP contribution in [0.15, 0.2) is 24.5 Å². The van der Waals surface area contributed by atoms with E-state index in [4.69, 9.17) is 4.74 Å². The number of hydrogen-bond acceptors (Lipinski definition) is 4. The molecule has 1 aromatic carbocycles. The second-order valence-electron chi connectivity index (χ2n) is 6.78. The molecular formula is C19H26N4O2. The van der Waals surface area contributed by atoms with Gasteiger partial charge in [-0.05, 0) is 37.1 Å². The number of H-pyrrole nitrogens is 1. The average Bonchev–Trinajstić information content (AvgIpc) is 3.01. The van der Waals surface area contributed by atoms with Gasteiger partial charge in [-0.2, -0.15) is 0 Å². The van der Waals surface area contributed by atoms with Crippen molar-refractivity contribution in [2.45, 2.75) is 26.8 Å². The van der Waals surface area contributed by atoms with E-state index in [-0.39, 0.29) is 5.91 Å². The number of nitrogens with one attached hydrogen (secondary N) is 1. The fraction of sp³-hybridized carbons (Fsp3) is 0.474. The van der Waals surface area contributed by atoms with Gasteiger partial charge in [-0.3, -0.25) is 9.69 Å². The maximum absolute atomic E-state index is 12.4. The highest BCUT2D eigenvalue weighted by molar-refractivity contribution is 5.78. The number of fused-ring (bicyclic) bond motifs is 1. The summed E-state index contributed by atoms with van der Waals surface area (Å²) in [6.45, 7) is 7.24. The number of nitrogens with zero attached hydrogens (tertiary/aromatic N) is 3. The molecule has 0 fully saturated rings. The van der Waals surface area contributed by atoms with Crippen LogP contribution in [0.1, 0.15) is 22.5 Å². The Balaban J connectivity index is 1.43. The van der Waals surface area contributed by atoms with Gasteiger partial charge >= 0.3 is 0 Å². The van der Waals surface area contributed by atoms with E-state index in [0.29, 0.717) is 19.7 Å². The third kappa shape index (κ3) is 4.60. The number of aromatic amines is 1. The predicted molar refractivity (Wildman–Crippen MR) is 96.6 cm³/mol. The van der Waals surface area contributed by atoms with E-state index < -0.39 is 0 Å². The molecule has 1 aliphatic rings. The minimum Gasteiger partial charge on any atom is -0.492 e. The average molecular weight is 342 g/mol. The van der Waals surface area contributed by atoms with E-state index in [1.54, 1.807) is 11.2 Å². The van der Waals surface area contributed by atoms with Crippen LogP contribution in [0.5, 0.6) is 5.75 Å². The molecule has 0 unspecified atom stereocenters. The lowest BCUT2D eigenvalue weighted by Gasteiger charge is -2.27. The summed E-state index contributed by atoms with van der Waals surface area (Å²) in [6, 6.07) is 6.15. The Morgan fingerprint density at radius 2 is 2.08 bits per heavy atom. The van der Waals surface area contributed by atoms with Gasteiger partial charge in [-0.25, -0.2) is 4.98 Å². The van der Waals surface area contributed by atoms with Crippen molar-refractivity contribution in [3.05, 3.63) is 47.0 Å². The van der Waals surface area contributed by atoms with Crippen LogP contribution < -0.4 is 4.74 Å². The lowest BCUT2D eigenvalue weighted by atomic mass is 10.1. The van der Waals surface area contributed by atoms with Crippen LogP contribution in [0.2, 0.25) is 0 Å². The summed E-state index contributed by atoms with van der Waals surface area (Å²) >= 11 is 0. The van der Waals surface area contributed by atoms with Gasteiger partial charge < -0.3 is 14.6 Å². The van der Waals surface area contributed by atoms with Gasteiger partial charge in [0, 0.05) is 26.6 Å². The molecule has 6 heteroatoms. The lowest BCUT2D eigenvalue weighted by Crippen LogP contribution is -2.41. The summed E-state index contributed by atoms with van der Waals surface area (Å²) in [5.74, 6) is 0.980. The first-order chi connectivity index (χ1) is 12.0. The number of rotatable bonds is 6. The molecule has 2 aromatic rings. The summed E-state index contributed by atoms with van der Waals surface area (Å²) in [6.07, 6.45) is 2.62. The number of imidazole rings is 1. The fourth-order valence-electron chi connectivity index (χ4n) is 3.16. The van der Waals surface area contributed by atoms with Crippen molar-refractivity contribution >= 4 is 5.91 Å². The molecule has 6 nitrogen and oxygen atoms in total. The first-order valence-electron chi connectivity index (χ1n) is 8.70.